The first kappa shape index (κ1) is 29.7. The normalized spacial score (nSPS) is 27.5. The second-order valence-electron chi connectivity index (χ2n) is 12.2. The fraction of sp³-hybridized carbons (Fsp3) is 0.536. The summed E-state index contributed by atoms with van der Waals surface area (Å²) in [6.45, 7) is 5.46. The molecule has 0 radical (unpaired) electrons. The van der Waals surface area contributed by atoms with Gasteiger partial charge >= 0.3 is 0 Å². The Morgan fingerprint density at radius 3 is 2.40 bits per heavy atom. The fourth-order valence-electron chi connectivity index (χ4n) is 6.36. The van der Waals surface area contributed by atoms with Crippen LogP contribution in [0.3, 0.4) is 0 Å². The van der Waals surface area contributed by atoms with E-state index in [0.29, 0.717) is 0 Å². The zero-order valence-electron chi connectivity index (χ0n) is 23.1. The molecule has 8 N–H and O–H groups in total. The second-order valence-corrected chi connectivity index (χ2v) is 12.2. The van der Waals surface area contributed by atoms with E-state index in [-0.39, 0.29) is 54.2 Å². The van der Waals surface area contributed by atoms with Crippen LogP contribution in [0.5, 0.6) is 5.75 Å². The predicted octanol–water partition coefficient (Wildman–Crippen LogP) is 0.756. The number of phenols is 1. The van der Waals surface area contributed by atoms with Crippen molar-refractivity contribution in [2.45, 2.75) is 57.8 Å². The van der Waals surface area contributed by atoms with Crippen molar-refractivity contribution in [1.29, 1.82) is 0 Å². The highest BCUT2D eigenvalue weighted by atomic mass is 19.1. The van der Waals surface area contributed by atoms with Gasteiger partial charge in [-0.3, -0.25) is 19.3 Å². The number of allylic oxidation sites excluding steroid dienone is 1. The number of nitrogens with zero attached hydrogens (tertiary/aromatic N) is 1. The van der Waals surface area contributed by atoms with Crippen LogP contribution in [0.25, 0.3) is 0 Å². The first-order valence-corrected chi connectivity index (χ1v) is 13.0. The maximum atomic E-state index is 15.8. The van der Waals surface area contributed by atoms with Crippen molar-refractivity contribution in [2.24, 2.45) is 23.0 Å². The van der Waals surface area contributed by atoms with E-state index in [4.69, 9.17) is 5.73 Å². The maximum absolute atomic E-state index is 15.8. The summed E-state index contributed by atoms with van der Waals surface area (Å²) in [6.07, 6.45) is -0.282. The smallest absolute Gasteiger partial charge is 0.255 e. The SMILES string of the molecule is CN(C)[C@@H]1C(O)=C(C(N)=O)C(=O)[C@@]2(O)C(O)=C3C(=O)c4c(O)cc(CN[C@H](CO)C(C)(C)C)c(F)c4C[C@H]3C[C@@H]12. The molecule has 0 unspecified atom stereocenters. The molecule has 0 saturated carbocycles. The lowest BCUT2D eigenvalue weighted by Crippen LogP contribution is -2.63. The summed E-state index contributed by atoms with van der Waals surface area (Å²) < 4.78 is 15.8. The molecular formula is C28H36FN3O8. The van der Waals surface area contributed by atoms with Crippen LogP contribution in [0, 0.1) is 23.1 Å². The van der Waals surface area contributed by atoms with E-state index < -0.39 is 75.2 Å². The quantitative estimate of drug-likeness (QED) is 0.244. The summed E-state index contributed by atoms with van der Waals surface area (Å²) in [5, 5.41) is 57.3. The zero-order valence-corrected chi connectivity index (χ0v) is 23.1. The number of hydrogen-bond acceptors (Lipinski definition) is 10. The van der Waals surface area contributed by atoms with Gasteiger partial charge in [0, 0.05) is 35.2 Å². The molecule has 0 fully saturated rings. The number of likely N-dealkylation sites (N-methyl/N-ethyl adjacent to an activating group) is 1. The van der Waals surface area contributed by atoms with Gasteiger partial charge in [0.2, 0.25) is 5.78 Å². The minimum absolute atomic E-state index is 0.0455. The Hall–Kier alpha value is -3.32. The number of primary amides is 1. The van der Waals surface area contributed by atoms with Gasteiger partial charge in [0.05, 0.1) is 18.2 Å². The van der Waals surface area contributed by atoms with Crippen LogP contribution in [0.1, 0.15) is 48.7 Å². The van der Waals surface area contributed by atoms with E-state index in [0.717, 1.165) is 6.07 Å². The van der Waals surface area contributed by atoms with Gasteiger partial charge in [-0.25, -0.2) is 4.39 Å². The zero-order chi connectivity index (χ0) is 30.1. The molecule has 3 aliphatic carbocycles. The maximum Gasteiger partial charge on any atom is 0.255 e. The number of Topliss-reactive ketones (excluding diaryl/α,β-unsaturated/α-hetero) is 2. The predicted molar refractivity (Wildman–Crippen MR) is 141 cm³/mol. The molecule has 1 amide bonds. The number of aliphatic hydroxyl groups excluding tert-OH is 3. The summed E-state index contributed by atoms with van der Waals surface area (Å²) in [4.78, 5) is 40.4. The van der Waals surface area contributed by atoms with E-state index in [1.54, 1.807) is 0 Å². The number of phenolic OH excluding ortho intramolecular Hbond substituents is 1. The minimum atomic E-state index is -2.76. The topological polar surface area (TPSA) is 194 Å². The molecule has 12 heteroatoms. The van der Waals surface area contributed by atoms with Gasteiger partial charge in [0.25, 0.3) is 5.91 Å². The molecule has 3 aliphatic rings. The molecule has 0 saturated heterocycles. The van der Waals surface area contributed by atoms with Gasteiger partial charge in [-0.2, -0.15) is 0 Å². The van der Waals surface area contributed by atoms with E-state index in [1.807, 2.05) is 20.8 Å². The largest absolute Gasteiger partial charge is 0.510 e. The van der Waals surface area contributed by atoms with Crippen molar-refractivity contribution in [2.75, 3.05) is 20.7 Å². The Bertz CT molecular complexity index is 1360. The molecule has 40 heavy (non-hydrogen) atoms. The fourth-order valence-corrected chi connectivity index (χ4v) is 6.36. The van der Waals surface area contributed by atoms with Crippen molar-refractivity contribution in [3.8, 4) is 5.75 Å². The number of carbonyl (C=O) groups is 3. The molecule has 11 nitrogen and oxygen atoms in total. The number of hydrogen-bond donors (Lipinski definition) is 7. The molecule has 0 aliphatic heterocycles. The molecule has 0 aromatic heterocycles. The Kier molecular flexibility index (Phi) is 7.38. The van der Waals surface area contributed by atoms with E-state index in [2.05, 4.69) is 5.32 Å². The van der Waals surface area contributed by atoms with Crippen LogP contribution < -0.4 is 11.1 Å². The van der Waals surface area contributed by atoms with Gasteiger partial charge in [0.15, 0.2) is 11.4 Å². The van der Waals surface area contributed by atoms with Crippen LogP contribution in [0.15, 0.2) is 28.7 Å². The van der Waals surface area contributed by atoms with E-state index in [9.17, 15) is 39.9 Å². The van der Waals surface area contributed by atoms with Crippen LogP contribution in [-0.2, 0) is 22.6 Å². The molecular weight excluding hydrogens is 525 g/mol. The Labute approximate surface area is 230 Å². The highest BCUT2D eigenvalue weighted by molar-refractivity contribution is 6.24. The van der Waals surface area contributed by atoms with Gasteiger partial charge in [-0.05, 0) is 44.3 Å². The van der Waals surface area contributed by atoms with Gasteiger partial charge in [-0.1, -0.05) is 20.8 Å². The first-order valence-electron chi connectivity index (χ1n) is 13.0. The van der Waals surface area contributed by atoms with Crippen LogP contribution in [-0.4, -0.2) is 86.3 Å². The lowest BCUT2D eigenvalue weighted by Gasteiger charge is -2.50. The lowest BCUT2D eigenvalue weighted by molar-refractivity contribution is -0.148. The summed E-state index contributed by atoms with van der Waals surface area (Å²) >= 11 is 0. The van der Waals surface area contributed by atoms with Gasteiger partial charge in [0.1, 0.15) is 28.7 Å². The molecule has 0 bridgehead atoms. The summed E-state index contributed by atoms with van der Waals surface area (Å²) in [7, 11) is 3.06. The first-order chi connectivity index (χ1) is 18.5. The monoisotopic (exact) mass is 561 g/mol. The van der Waals surface area contributed by atoms with Crippen LogP contribution in [0.4, 0.5) is 4.39 Å². The number of aliphatic hydroxyl groups is 4. The molecule has 1 aromatic rings. The highest BCUT2D eigenvalue weighted by Crippen LogP contribution is 2.52. The lowest BCUT2D eigenvalue weighted by atomic mass is 9.58. The van der Waals surface area contributed by atoms with Crippen LogP contribution in [0.2, 0.25) is 0 Å². The van der Waals surface area contributed by atoms with Gasteiger partial charge in [-0.15, -0.1) is 0 Å². The molecule has 4 rings (SSSR count). The standard InChI is InChI=1S/C28H36FN3O8/c1-27(2,3)16(10-33)31-9-12-8-15(34)18-13(20(12)29)6-11-7-14-21(32(4)5)23(36)19(26(30)39)25(38)28(14,40)24(37)17(11)22(18)35/h8,11,14,16,21,31,33-34,36-37,40H,6-7,9-10H2,1-5H3,(H2,30,39)/t11-,14-,16+,21-,28-/m0/s1. The Balaban J connectivity index is 1.82. The van der Waals surface area contributed by atoms with Crippen molar-refractivity contribution in [3.05, 3.63) is 51.2 Å². The third kappa shape index (κ3) is 4.30. The number of aromatic hydroxyl groups is 1. The Morgan fingerprint density at radius 1 is 1.25 bits per heavy atom. The van der Waals surface area contributed by atoms with E-state index in [1.165, 1.54) is 19.0 Å². The van der Waals surface area contributed by atoms with Crippen molar-refractivity contribution < 1.29 is 44.3 Å². The van der Waals surface area contributed by atoms with Crippen LogP contribution >= 0.6 is 0 Å². The molecule has 5 atom stereocenters. The third-order valence-corrected chi connectivity index (χ3v) is 8.50. The highest BCUT2D eigenvalue weighted by Gasteiger charge is 2.63. The van der Waals surface area contributed by atoms with Crippen molar-refractivity contribution in [3.63, 3.8) is 0 Å². The number of nitrogens with one attached hydrogen (secondary N) is 1. The minimum Gasteiger partial charge on any atom is -0.510 e. The molecule has 0 spiro atoms. The third-order valence-electron chi connectivity index (χ3n) is 8.50. The number of halogens is 1. The summed E-state index contributed by atoms with van der Waals surface area (Å²) in [5.74, 6) is -8.63. The van der Waals surface area contributed by atoms with Crippen molar-refractivity contribution in [1.82, 2.24) is 10.2 Å². The number of amides is 1. The van der Waals surface area contributed by atoms with Gasteiger partial charge < -0.3 is 36.6 Å². The van der Waals surface area contributed by atoms with Crippen molar-refractivity contribution >= 4 is 17.5 Å². The summed E-state index contributed by atoms with van der Waals surface area (Å²) in [5.41, 5.74) is 0.576. The number of nitrogens with two attached hydrogens (primary N) is 1. The number of ketones is 2. The average molecular weight is 562 g/mol. The number of carbonyl (C=O) groups excluding carboxylic acids is 3. The number of benzene rings is 1. The number of rotatable bonds is 6. The molecule has 1 aromatic carbocycles. The number of fused-ring (bicyclic) bond motifs is 3. The van der Waals surface area contributed by atoms with E-state index >= 15 is 4.39 Å². The molecule has 0 heterocycles. The molecule has 218 valence electrons. The summed E-state index contributed by atoms with van der Waals surface area (Å²) in [6, 6.07) is -0.423. The Morgan fingerprint density at radius 2 is 1.88 bits per heavy atom. The second kappa shape index (κ2) is 9.95. The average Bonchev–Trinajstić information content (AvgIpc) is 2.83.